The van der Waals surface area contributed by atoms with Gasteiger partial charge in [-0.3, -0.25) is 4.57 Å². The largest absolute Gasteiger partial charge is 0.310 e. The lowest BCUT2D eigenvalue weighted by Crippen LogP contribution is -2.56. The monoisotopic (exact) mass is 765 g/mol. The van der Waals surface area contributed by atoms with Gasteiger partial charge >= 0.3 is 0 Å². The second-order valence-electron chi connectivity index (χ2n) is 15.2. The molecule has 10 heteroatoms. The molecule has 3 heterocycles. The Morgan fingerprint density at radius 1 is 0.295 bits per heavy atom. The van der Waals surface area contributed by atoms with Gasteiger partial charge in [-0.2, -0.15) is 9.97 Å². The van der Waals surface area contributed by atoms with E-state index in [1.54, 1.807) is 0 Å². The summed E-state index contributed by atoms with van der Waals surface area (Å²) >= 11 is 0. The fourth-order valence-corrected chi connectivity index (χ4v) is 8.57. The number of para-hydroxylation sites is 2. The van der Waals surface area contributed by atoms with E-state index < -0.39 is 0 Å². The minimum absolute atomic E-state index is 0.167. The fraction of sp³-hybridized carbons (Fsp3) is 0. The third-order valence-electron chi connectivity index (χ3n) is 11.7. The molecule has 3 aromatic heterocycles. The van der Waals surface area contributed by atoms with E-state index in [1.165, 1.54) is 0 Å². The Bertz CT molecular complexity index is 3380. The predicted octanol–water partition coefficient (Wildman–Crippen LogP) is 6.70. The zero-order valence-corrected chi connectivity index (χ0v) is 32.8. The highest BCUT2D eigenvalue weighted by Crippen LogP contribution is 2.39. The summed E-state index contributed by atoms with van der Waals surface area (Å²) in [6, 6.07) is 58.1. The summed E-state index contributed by atoms with van der Waals surface area (Å²) in [6.45, 7) is 0. The molecule has 10 radical (unpaired) electrons. The summed E-state index contributed by atoms with van der Waals surface area (Å²) in [7, 11) is 32.6. The van der Waals surface area contributed by atoms with Gasteiger partial charge in [0.25, 0.3) is 0 Å². The van der Waals surface area contributed by atoms with Crippen molar-refractivity contribution in [3.63, 3.8) is 0 Å². The molecule has 0 aliphatic carbocycles. The van der Waals surface area contributed by atoms with Gasteiger partial charge in [-0.1, -0.05) is 157 Å². The van der Waals surface area contributed by atoms with Crippen LogP contribution in [0.1, 0.15) is 0 Å². The minimum atomic E-state index is 0.167. The van der Waals surface area contributed by atoms with E-state index >= 15 is 0 Å². The molecule has 0 spiro atoms. The molecule has 0 aliphatic heterocycles. The standard InChI is InChI=1S/C51H28B5N5/c52-43-44(53)46(55)48(47(56)45(43)54)60-39-17-9-7-15-35(39)37-28-42-38(27-41(37)60)36-16-8-10-18-40(36)61(42)51-58-49(33-23-19-31(20-24-33)29-11-3-1-4-12-29)57-50(59-51)34-25-21-32(22-26-34)30-13-5-2-6-14-30/h1-28H. The molecule has 0 unspecified atom stereocenters. The highest BCUT2D eigenvalue weighted by atomic mass is 15.2. The van der Waals surface area contributed by atoms with Gasteiger partial charge in [-0.05, 0) is 46.5 Å². The first-order chi connectivity index (χ1) is 29.8. The van der Waals surface area contributed by atoms with Crippen molar-refractivity contribution in [2.45, 2.75) is 0 Å². The molecule has 0 aliphatic rings. The number of rotatable bonds is 6. The second kappa shape index (κ2) is 14.5. The molecule has 11 rings (SSSR count). The van der Waals surface area contributed by atoms with Crippen LogP contribution in [0.4, 0.5) is 0 Å². The quantitative estimate of drug-likeness (QED) is 0.177. The Morgan fingerprint density at radius 2 is 0.656 bits per heavy atom. The molecular weight excluding hydrogens is 737 g/mol. The molecule has 0 saturated carbocycles. The number of hydrogen-bond donors (Lipinski definition) is 0. The lowest BCUT2D eigenvalue weighted by molar-refractivity contribution is 0.954. The SMILES string of the molecule is [B]c1c([B])c([B])c(-n2c3ccccc3c3cc4c(cc32)c2ccccc2n4-c2nc(-c3ccc(-c4ccccc4)cc3)nc(-c3ccc(-c4ccccc4)cc3)n2)c([B])c1[B]. The molecule has 0 saturated heterocycles. The van der Waals surface area contributed by atoms with Crippen molar-refractivity contribution >= 4 is 110 Å². The van der Waals surface area contributed by atoms with Crippen molar-refractivity contribution in [3.8, 4) is 56.7 Å². The van der Waals surface area contributed by atoms with Crippen molar-refractivity contribution in [2.24, 2.45) is 0 Å². The second-order valence-corrected chi connectivity index (χ2v) is 15.2. The van der Waals surface area contributed by atoms with Crippen LogP contribution in [-0.4, -0.2) is 63.3 Å². The van der Waals surface area contributed by atoms with E-state index in [1.807, 2.05) is 71.3 Å². The van der Waals surface area contributed by atoms with Gasteiger partial charge in [0.2, 0.25) is 5.95 Å². The van der Waals surface area contributed by atoms with Crippen molar-refractivity contribution in [1.29, 1.82) is 0 Å². The fourth-order valence-electron chi connectivity index (χ4n) is 8.57. The molecule has 8 aromatic carbocycles. The molecule has 61 heavy (non-hydrogen) atoms. The van der Waals surface area contributed by atoms with Gasteiger partial charge in [0.05, 0.1) is 22.1 Å². The topological polar surface area (TPSA) is 48.5 Å². The number of fused-ring (bicyclic) bond motifs is 6. The first kappa shape index (κ1) is 36.8. The number of nitrogens with zero attached hydrogens (tertiary/aromatic N) is 5. The van der Waals surface area contributed by atoms with Crippen molar-refractivity contribution in [2.75, 3.05) is 0 Å². The van der Waals surface area contributed by atoms with Crippen molar-refractivity contribution in [3.05, 3.63) is 170 Å². The Kier molecular flexibility index (Phi) is 8.71. The van der Waals surface area contributed by atoms with E-state index in [0.717, 1.165) is 77.0 Å². The third-order valence-corrected chi connectivity index (χ3v) is 11.7. The van der Waals surface area contributed by atoms with Crippen LogP contribution in [-0.2, 0) is 0 Å². The van der Waals surface area contributed by atoms with Crippen LogP contribution in [0.25, 0.3) is 100 Å². The first-order valence-electron chi connectivity index (χ1n) is 19.9. The normalized spacial score (nSPS) is 11.6. The van der Waals surface area contributed by atoms with Gasteiger partial charge in [-0.25, -0.2) is 4.98 Å². The summed E-state index contributed by atoms with van der Waals surface area (Å²) in [5, 5.41) is 3.93. The highest BCUT2D eigenvalue weighted by Gasteiger charge is 2.23. The Labute approximate surface area is 359 Å². The summed E-state index contributed by atoms with van der Waals surface area (Å²) in [6.07, 6.45) is 0. The van der Waals surface area contributed by atoms with E-state index in [4.69, 9.17) is 54.2 Å². The van der Waals surface area contributed by atoms with E-state index in [9.17, 15) is 0 Å². The van der Waals surface area contributed by atoms with Crippen LogP contribution in [0, 0.1) is 0 Å². The van der Waals surface area contributed by atoms with Gasteiger partial charge in [0, 0.05) is 38.4 Å². The van der Waals surface area contributed by atoms with Gasteiger partial charge in [0.1, 0.15) is 39.2 Å². The molecule has 5 nitrogen and oxygen atoms in total. The maximum Gasteiger partial charge on any atom is 0.238 e. The lowest BCUT2D eigenvalue weighted by atomic mass is 9.61. The van der Waals surface area contributed by atoms with Crippen LogP contribution in [0.15, 0.2) is 170 Å². The summed E-state index contributed by atoms with van der Waals surface area (Å²) < 4.78 is 4.16. The van der Waals surface area contributed by atoms with Gasteiger partial charge in [-0.15, -0.1) is 16.4 Å². The average Bonchev–Trinajstić information content (AvgIpc) is 3.82. The van der Waals surface area contributed by atoms with Crippen LogP contribution in [0.3, 0.4) is 0 Å². The molecule has 272 valence electrons. The Morgan fingerprint density at radius 3 is 1.13 bits per heavy atom. The lowest BCUT2D eigenvalue weighted by Gasteiger charge is -2.23. The number of aromatic nitrogens is 5. The zero-order chi connectivity index (χ0) is 41.4. The van der Waals surface area contributed by atoms with Crippen LogP contribution >= 0.6 is 0 Å². The van der Waals surface area contributed by atoms with Gasteiger partial charge in [0.15, 0.2) is 11.6 Å². The minimum Gasteiger partial charge on any atom is -0.310 e. The van der Waals surface area contributed by atoms with E-state index in [2.05, 4.69) is 108 Å². The first-order valence-corrected chi connectivity index (χ1v) is 19.9. The number of hydrogen-bond acceptors (Lipinski definition) is 3. The summed E-state index contributed by atoms with van der Waals surface area (Å²) in [5.41, 5.74) is 11.4. The van der Waals surface area contributed by atoms with E-state index in [0.29, 0.717) is 23.3 Å². The molecule has 0 N–H and O–H groups in total. The smallest absolute Gasteiger partial charge is 0.238 e. The summed E-state index contributed by atoms with van der Waals surface area (Å²) in [4.78, 5) is 15.6. The molecular formula is C51H28B5N5. The van der Waals surface area contributed by atoms with Crippen LogP contribution in [0.2, 0.25) is 0 Å². The maximum absolute atomic E-state index is 6.72. The average molecular weight is 765 g/mol. The van der Waals surface area contributed by atoms with Crippen LogP contribution in [0.5, 0.6) is 0 Å². The molecule has 11 aromatic rings. The van der Waals surface area contributed by atoms with Crippen LogP contribution < -0.4 is 27.3 Å². The maximum atomic E-state index is 6.72. The predicted molar refractivity (Wildman–Crippen MR) is 257 cm³/mol. The number of benzene rings is 8. The highest BCUT2D eigenvalue weighted by molar-refractivity contribution is 6.68. The molecule has 0 atom stereocenters. The van der Waals surface area contributed by atoms with E-state index in [-0.39, 0.29) is 27.3 Å². The third kappa shape index (κ3) is 5.96. The van der Waals surface area contributed by atoms with Gasteiger partial charge < -0.3 is 4.57 Å². The summed E-state index contributed by atoms with van der Waals surface area (Å²) in [5.74, 6) is 1.60. The molecule has 0 fully saturated rings. The Balaban J connectivity index is 1.17. The molecule has 0 amide bonds. The van der Waals surface area contributed by atoms with Crippen molar-refractivity contribution in [1.82, 2.24) is 24.1 Å². The van der Waals surface area contributed by atoms with Crippen molar-refractivity contribution < 1.29 is 0 Å². The molecule has 0 bridgehead atoms. The zero-order valence-electron chi connectivity index (χ0n) is 32.8. The Hall–Kier alpha value is -7.31.